The molecule has 0 aliphatic heterocycles. The van der Waals surface area contributed by atoms with Crippen molar-refractivity contribution in [2.45, 2.75) is 37.6 Å². The molecule has 0 saturated heterocycles. The molecule has 6 nitrogen and oxygen atoms in total. The molecule has 3 aromatic rings. The molecule has 1 aromatic heterocycles. The maximum Gasteiger partial charge on any atom is 0.291 e. The minimum atomic E-state index is -3.60. The molecule has 29 heavy (non-hydrogen) atoms. The lowest BCUT2D eigenvalue weighted by Gasteiger charge is -2.11. The summed E-state index contributed by atoms with van der Waals surface area (Å²) in [6.45, 7) is 4.37. The minimum Gasteiger partial charge on any atom is -0.459 e. The standard InChI is InChI=1S/C22H24N2O4S/c1-3-16(2)18-8-12-20(13-9-18)29(26,27)23-15-17-6-10-19(11-7-17)24-22(25)21-5-4-14-28-21/h4-14,16,23H,3,15H2,1-2H3,(H,24,25). The number of carbonyl (C=O) groups excluding carboxylic acids is 1. The Balaban J connectivity index is 1.59. The van der Waals surface area contributed by atoms with Crippen LogP contribution in [0.4, 0.5) is 5.69 Å². The fourth-order valence-corrected chi connectivity index (χ4v) is 3.80. The van der Waals surface area contributed by atoms with E-state index in [-0.39, 0.29) is 23.1 Å². The second-order valence-corrected chi connectivity index (χ2v) is 8.60. The number of hydrogen-bond acceptors (Lipinski definition) is 4. The van der Waals surface area contributed by atoms with E-state index in [1.54, 1.807) is 48.5 Å². The van der Waals surface area contributed by atoms with E-state index in [1.807, 2.05) is 12.1 Å². The van der Waals surface area contributed by atoms with Gasteiger partial charge in [0.2, 0.25) is 10.0 Å². The molecular formula is C22H24N2O4S. The maximum atomic E-state index is 12.5. The normalized spacial score (nSPS) is 12.5. The first kappa shape index (κ1) is 20.8. The van der Waals surface area contributed by atoms with Crippen LogP contribution in [0, 0.1) is 0 Å². The molecule has 7 heteroatoms. The summed E-state index contributed by atoms with van der Waals surface area (Å²) in [6, 6.07) is 17.2. The van der Waals surface area contributed by atoms with Crippen molar-refractivity contribution < 1.29 is 17.6 Å². The van der Waals surface area contributed by atoms with Crippen LogP contribution in [0.15, 0.2) is 76.2 Å². The number of hydrogen-bond donors (Lipinski definition) is 2. The second-order valence-electron chi connectivity index (χ2n) is 6.83. The number of carbonyl (C=O) groups is 1. The Morgan fingerprint density at radius 1 is 1.03 bits per heavy atom. The highest BCUT2D eigenvalue weighted by atomic mass is 32.2. The molecule has 152 valence electrons. The lowest BCUT2D eigenvalue weighted by molar-refractivity contribution is 0.0996. The molecule has 0 aliphatic rings. The Morgan fingerprint density at radius 2 is 1.72 bits per heavy atom. The topological polar surface area (TPSA) is 88.4 Å². The van der Waals surface area contributed by atoms with Crippen molar-refractivity contribution >= 4 is 21.6 Å². The summed E-state index contributed by atoms with van der Waals surface area (Å²) in [5.74, 6) is 0.275. The second kappa shape index (κ2) is 9.07. The van der Waals surface area contributed by atoms with Gasteiger partial charge in [0.1, 0.15) is 0 Å². The van der Waals surface area contributed by atoms with Crippen LogP contribution in [0.1, 0.15) is 47.9 Å². The zero-order valence-electron chi connectivity index (χ0n) is 16.4. The Bertz CT molecular complexity index is 1040. The van der Waals surface area contributed by atoms with Crippen molar-refractivity contribution in [3.63, 3.8) is 0 Å². The zero-order chi connectivity index (χ0) is 20.9. The van der Waals surface area contributed by atoms with Gasteiger partial charge in [0.05, 0.1) is 11.2 Å². The largest absolute Gasteiger partial charge is 0.459 e. The molecule has 0 saturated carbocycles. The predicted octanol–water partition coefficient (Wildman–Crippen LogP) is 4.52. The van der Waals surface area contributed by atoms with Crippen LogP contribution >= 0.6 is 0 Å². The maximum absolute atomic E-state index is 12.5. The molecule has 1 atom stereocenters. The van der Waals surface area contributed by atoms with Crippen LogP contribution in [0.25, 0.3) is 0 Å². The van der Waals surface area contributed by atoms with Crippen LogP contribution in [0.5, 0.6) is 0 Å². The van der Waals surface area contributed by atoms with Gasteiger partial charge in [0.25, 0.3) is 5.91 Å². The monoisotopic (exact) mass is 412 g/mol. The van der Waals surface area contributed by atoms with Crippen molar-refractivity contribution in [3.8, 4) is 0 Å². The van der Waals surface area contributed by atoms with Gasteiger partial charge in [-0.25, -0.2) is 13.1 Å². The number of amides is 1. The first-order chi connectivity index (χ1) is 13.9. The Hall–Kier alpha value is -2.90. The molecule has 2 aromatic carbocycles. The molecule has 1 amide bonds. The van der Waals surface area contributed by atoms with Crippen molar-refractivity contribution in [2.75, 3.05) is 5.32 Å². The molecule has 0 aliphatic carbocycles. The van der Waals surface area contributed by atoms with Crippen molar-refractivity contribution in [1.29, 1.82) is 0 Å². The van der Waals surface area contributed by atoms with E-state index in [2.05, 4.69) is 23.9 Å². The number of furan rings is 1. The van der Waals surface area contributed by atoms with Gasteiger partial charge in [-0.2, -0.15) is 0 Å². The van der Waals surface area contributed by atoms with E-state index in [0.29, 0.717) is 11.6 Å². The number of nitrogens with one attached hydrogen (secondary N) is 2. The van der Waals surface area contributed by atoms with Gasteiger partial charge in [0, 0.05) is 12.2 Å². The highest BCUT2D eigenvalue weighted by Crippen LogP contribution is 2.20. The van der Waals surface area contributed by atoms with Gasteiger partial charge in [0.15, 0.2) is 5.76 Å². The Labute approximate surface area is 171 Å². The minimum absolute atomic E-state index is 0.155. The first-order valence-electron chi connectivity index (χ1n) is 9.42. The molecule has 0 fully saturated rings. The summed E-state index contributed by atoms with van der Waals surface area (Å²) in [7, 11) is -3.60. The molecule has 1 heterocycles. The zero-order valence-corrected chi connectivity index (χ0v) is 17.2. The number of anilines is 1. The van der Waals surface area contributed by atoms with E-state index in [4.69, 9.17) is 4.42 Å². The molecule has 0 bridgehead atoms. The molecule has 1 unspecified atom stereocenters. The smallest absolute Gasteiger partial charge is 0.291 e. The third kappa shape index (κ3) is 5.34. The third-order valence-electron chi connectivity index (χ3n) is 4.79. The van der Waals surface area contributed by atoms with Crippen LogP contribution in [-0.2, 0) is 16.6 Å². The SMILES string of the molecule is CCC(C)c1ccc(S(=O)(=O)NCc2ccc(NC(=O)c3ccco3)cc2)cc1. The number of benzene rings is 2. The van der Waals surface area contributed by atoms with Gasteiger partial charge < -0.3 is 9.73 Å². The third-order valence-corrected chi connectivity index (χ3v) is 6.21. The Morgan fingerprint density at radius 3 is 2.31 bits per heavy atom. The van der Waals surface area contributed by atoms with Crippen LogP contribution in [0.3, 0.4) is 0 Å². The van der Waals surface area contributed by atoms with E-state index in [1.165, 1.54) is 6.26 Å². The van der Waals surface area contributed by atoms with Crippen LogP contribution < -0.4 is 10.0 Å². The summed E-state index contributed by atoms with van der Waals surface area (Å²) in [5, 5.41) is 2.72. The summed E-state index contributed by atoms with van der Waals surface area (Å²) in [4.78, 5) is 12.2. The quantitative estimate of drug-likeness (QED) is 0.569. The average Bonchev–Trinajstić information content (AvgIpc) is 3.28. The highest BCUT2D eigenvalue weighted by molar-refractivity contribution is 7.89. The summed E-state index contributed by atoms with van der Waals surface area (Å²) < 4.78 is 32.7. The average molecular weight is 413 g/mol. The van der Waals surface area contributed by atoms with Gasteiger partial charge in [-0.3, -0.25) is 4.79 Å². The van der Waals surface area contributed by atoms with Crippen molar-refractivity contribution in [3.05, 3.63) is 83.8 Å². The first-order valence-corrected chi connectivity index (χ1v) is 10.9. The van der Waals surface area contributed by atoms with E-state index < -0.39 is 10.0 Å². The molecule has 2 N–H and O–H groups in total. The summed E-state index contributed by atoms with van der Waals surface area (Å²) >= 11 is 0. The van der Waals surface area contributed by atoms with Gasteiger partial charge >= 0.3 is 0 Å². The molecule has 3 rings (SSSR count). The van der Waals surface area contributed by atoms with Crippen LogP contribution in [0.2, 0.25) is 0 Å². The predicted molar refractivity (Wildman–Crippen MR) is 112 cm³/mol. The fourth-order valence-electron chi connectivity index (χ4n) is 2.78. The summed E-state index contributed by atoms with van der Waals surface area (Å²) in [5.41, 5.74) is 2.50. The van der Waals surface area contributed by atoms with E-state index in [9.17, 15) is 13.2 Å². The fraction of sp³-hybridized carbons (Fsp3) is 0.227. The van der Waals surface area contributed by atoms with Gasteiger partial charge in [-0.15, -0.1) is 0 Å². The van der Waals surface area contributed by atoms with Crippen molar-refractivity contribution in [1.82, 2.24) is 4.72 Å². The van der Waals surface area contributed by atoms with Gasteiger partial charge in [-0.1, -0.05) is 38.1 Å². The van der Waals surface area contributed by atoms with Crippen LogP contribution in [-0.4, -0.2) is 14.3 Å². The lowest BCUT2D eigenvalue weighted by Crippen LogP contribution is -2.23. The highest BCUT2D eigenvalue weighted by Gasteiger charge is 2.14. The molecule has 0 spiro atoms. The van der Waals surface area contributed by atoms with Gasteiger partial charge in [-0.05, 0) is 59.9 Å². The van der Waals surface area contributed by atoms with E-state index >= 15 is 0 Å². The molecular weight excluding hydrogens is 388 g/mol. The van der Waals surface area contributed by atoms with E-state index in [0.717, 1.165) is 17.5 Å². The van der Waals surface area contributed by atoms with Crippen molar-refractivity contribution in [2.24, 2.45) is 0 Å². The lowest BCUT2D eigenvalue weighted by atomic mass is 9.99. The number of rotatable bonds is 8. The summed E-state index contributed by atoms with van der Waals surface area (Å²) in [6.07, 6.45) is 2.43. The Kier molecular flexibility index (Phi) is 6.51. The number of sulfonamides is 1. The molecule has 0 radical (unpaired) electrons.